The van der Waals surface area contributed by atoms with Crippen LogP contribution < -0.4 is 0 Å². The molecule has 3 aliphatic rings. The van der Waals surface area contributed by atoms with E-state index >= 15 is 0 Å². The number of aromatic hydroxyl groups is 1. The Hall–Kier alpha value is -1.06. The first-order valence-corrected chi connectivity index (χ1v) is 7.47. The summed E-state index contributed by atoms with van der Waals surface area (Å²) >= 11 is 0. The molecule has 0 aromatic heterocycles. The molecule has 1 heterocycles. The maximum atomic E-state index is 12.2. The maximum absolute atomic E-state index is 12.2. The van der Waals surface area contributed by atoms with Crippen molar-refractivity contribution in [2.75, 3.05) is 6.54 Å². The van der Waals surface area contributed by atoms with Crippen molar-refractivity contribution in [2.24, 2.45) is 5.92 Å². The van der Waals surface area contributed by atoms with Gasteiger partial charge in [-0.15, -0.1) is 0 Å². The molecule has 3 nitrogen and oxygen atoms in total. The molecule has 2 bridgehead atoms. The predicted octanol–water partition coefficient (Wildman–Crippen LogP) is 2.95. The second-order valence-corrected chi connectivity index (χ2v) is 6.51. The molecule has 0 unspecified atom stereocenters. The monoisotopic (exact) mass is 258 g/mol. The molecule has 4 rings (SSSR count). The minimum absolute atomic E-state index is 0.172. The number of phenols is 1. The Kier molecular flexibility index (Phi) is 2.45. The summed E-state index contributed by atoms with van der Waals surface area (Å²) in [5.41, 5.74) is 2.82. The molecule has 1 aromatic carbocycles. The SMILES string of the molecule is [O-]N1CC[C@@]23CCCC[C@H]2[C@@H]1Cc1ccc(O)cc13. The molecule has 1 saturated heterocycles. The van der Waals surface area contributed by atoms with Gasteiger partial charge in [0.05, 0.1) is 0 Å². The van der Waals surface area contributed by atoms with Gasteiger partial charge in [-0.2, -0.15) is 0 Å². The fourth-order valence-corrected chi connectivity index (χ4v) is 4.96. The Morgan fingerprint density at radius 1 is 1.26 bits per heavy atom. The summed E-state index contributed by atoms with van der Waals surface area (Å²) in [6, 6.07) is 5.95. The lowest BCUT2D eigenvalue weighted by atomic mass is 9.52. The van der Waals surface area contributed by atoms with Crippen molar-refractivity contribution >= 4 is 0 Å². The van der Waals surface area contributed by atoms with Gasteiger partial charge in [0.1, 0.15) is 5.75 Å². The van der Waals surface area contributed by atoms with Gasteiger partial charge in [-0.1, -0.05) is 18.9 Å². The Balaban J connectivity index is 1.90. The van der Waals surface area contributed by atoms with Crippen molar-refractivity contribution in [1.29, 1.82) is 0 Å². The zero-order valence-corrected chi connectivity index (χ0v) is 11.1. The van der Waals surface area contributed by atoms with E-state index < -0.39 is 0 Å². The summed E-state index contributed by atoms with van der Waals surface area (Å²) in [5, 5.41) is 23.4. The standard InChI is InChI=1S/C16H20NO2/c18-12-5-4-11-9-15-13-3-1-2-6-16(13,14(11)10-12)7-8-17(15)19/h4-5,10,13,15,18H,1-3,6-9H2/q-1/t13-,15-,16-/m0/s1. The molecule has 2 fully saturated rings. The van der Waals surface area contributed by atoms with E-state index in [0.29, 0.717) is 18.2 Å². The summed E-state index contributed by atoms with van der Waals surface area (Å²) in [6.45, 7) is 0.663. The highest BCUT2D eigenvalue weighted by atomic mass is 16.5. The van der Waals surface area contributed by atoms with Crippen LogP contribution in [0, 0.1) is 11.1 Å². The number of piperidine rings is 1. The summed E-state index contributed by atoms with van der Waals surface area (Å²) in [6.07, 6.45) is 6.72. The third-order valence-electron chi connectivity index (χ3n) is 5.77. The lowest BCUT2D eigenvalue weighted by Crippen LogP contribution is -2.59. The van der Waals surface area contributed by atoms with E-state index in [1.807, 2.05) is 12.1 Å². The first kappa shape index (κ1) is 11.7. The van der Waals surface area contributed by atoms with Crippen LogP contribution in [0.25, 0.3) is 0 Å². The van der Waals surface area contributed by atoms with Crippen molar-refractivity contribution in [3.8, 4) is 5.75 Å². The normalized spacial score (nSPS) is 37.5. The molecular weight excluding hydrogens is 238 g/mol. The number of hydrogen-bond acceptors (Lipinski definition) is 3. The zero-order chi connectivity index (χ0) is 13.0. The van der Waals surface area contributed by atoms with E-state index in [-0.39, 0.29) is 11.5 Å². The Labute approximate surface area is 113 Å². The molecule has 1 aromatic rings. The summed E-state index contributed by atoms with van der Waals surface area (Å²) in [7, 11) is 0. The zero-order valence-electron chi connectivity index (χ0n) is 11.1. The molecule has 2 aliphatic carbocycles. The van der Waals surface area contributed by atoms with Gasteiger partial charge in [0.25, 0.3) is 0 Å². The number of benzene rings is 1. The molecule has 1 aliphatic heterocycles. The van der Waals surface area contributed by atoms with E-state index in [1.165, 1.54) is 41.9 Å². The average molecular weight is 258 g/mol. The van der Waals surface area contributed by atoms with Crippen molar-refractivity contribution in [2.45, 2.75) is 50.0 Å². The van der Waals surface area contributed by atoms with Crippen molar-refractivity contribution in [1.82, 2.24) is 5.06 Å². The van der Waals surface area contributed by atoms with Gasteiger partial charge >= 0.3 is 0 Å². The number of rotatable bonds is 0. The van der Waals surface area contributed by atoms with Crippen LogP contribution in [0.3, 0.4) is 0 Å². The minimum Gasteiger partial charge on any atom is -0.785 e. The number of fused-ring (bicyclic) bond motifs is 1. The van der Waals surface area contributed by atoms with Crippen LogP contribution in [-0.4, -0.2) is 22.8 Å². The summed E-state index contributed by atoms with van der Waals surface area (Å²) in [5.74, 6) is 0.877. The van der Waals surface area contributed by atoms with Gasteiger partial charge in [-0.3, -0.25) is 0 Å². The van der Waals surface area contributed by atoms with Gasteiger partial charge in [-0.25, -0.2) is 0 Å². The van der Waals surface area contributed by atoms with E-state index in [4.69, 9.17) is 0 Å². The summed E-state index contributed by atoms with van der Waals surface area (Å²) < 4.78 is 0. The second kappa shape index (κ2) is 3.97. The molecular formula is C16H20NO2-. The van der Waals surface area contributed by atoms with Crippen LogP contribution in [0.5, 0.6) is 5.75 Å². The molecule has 0 amide bonds. The smallest absolute Gasteiger partial charge is 0.115 e. The average Bonchev–Trinajstić information content (AvgIpc) is 2.43. The van der Waals surface area contributed by atoms with Crippen LogP contribution in [0.2, 0.25) is 0 Å². The first-order chi connectivity index (χ1) is 9.21. The number of phenolic OH excluding ortho intramolecular Hbond substituents is 1. The summed E-state index contributed by atoms with van der Waals surface area (Å²) in [4.78, 5) is 0. The predicted molar refractivity (Wildman–Crippen MR) is 73.9 cm³/mol. The van der Waals surface area contributed by atoms with Crippen LogP contribution in [-0.2, 0) is 11.8 Å². The lowest BCUT2D eigenvalue weighted by Gasteiger charge is -2.61. The Morgan fingerprint density at radius 3 is 3.05 bits per heavy atom. The lowest BCUT2D eigenvalue weighted by molar-refractivity contribution is 0.0139. The van der Waals surface area contributed by atoms with Crippen LogP contribution in [0.1, 0.15) is 43.2 Å². The third-order valence-corrected chi connectivity index (χ3v) is 5.77. The maximum Gasteiger partial charge on any atom is 0.115 e. The van der Waals surface area contributed by atoms with Crippen LogP contribution in [0.15, 0.2) is 18.2 Å². The van der Waals surface area contributed by atoms with Crippen molar-refractivity contribution in [3.63, 3.8) is 0 Å². The Morgan fingerprint density at radius 2 is 2.16 bits per heavy atom. The minimum atomic E-state index is 0.172. The van der Waals surface area contributed by atoms with Crippen molar-refractivity contribution in [3.05, 3.63) is 34.5 Å². The molecule has 0 radical (unpaired) electrons. The molecule has 102 valence electrons. The van der Waals surface area contributed by atoms with Gasteiger partial charge in [0, 0.05) is 11.5 Å². The second-order valence-electron chi connectivity index (χ2n) is 6.51. The first-order valence-electron chi connectivity index (χ1n) is 7.47. The number of hydrogen-bond donors (Lipinski definition) is 1. The number of nitrogens with zero attached hydrogens (tertiary/aromatic N) is 1. The topological polar surface area (TPSA) is 46.5 Å². The highest BCUT2D eigenvalue weighted by Gasteiger charge is 2.52. The molecule has 1 saturated carbocycles. The number of hydroxylamine groups is 2. The molecule has 3 atom stereocenters. The highest BCUT2D eigenvalue weighted by Crippen LogP contribution is 2.55. The van der Waals surface area contributed by atoms with Gasteiger partial charge < -0.3 is 15.4 Å². The third kappa shape index (κ3) is 1.52. The van der Waals surface area contributed by atoms with Crippen LogP contribution in [0.4, 0.5) is 0 Å². The van der Waals surface area contributed by atoms with Crippen molar-refractivity contribution < 1.29 is 5.11 Å². The van der Waals surface area contributed by atoms with E-state index in [0.717, 1.165) is 12.8 Å². The van der Waals surface area contributed by atoms with Gasteiger partial charge in [0.15, 0.2) is 0 Å². The largest absolute Gasteiger partial charge is 0.785 e. The van der Waals surface area contributed by atoms with E-state index in [1.54, 1.807) is 6.07 Å². The molecule has 1 N–H and O–H groups in total. The molecule has 0 spiro atoms. The quantitative estimate of drug-likeness (QED) is 0.778. The van der Waals surface area contributed by atoms with Gasteiger partial charge in [-0.05, 0) is 61.4 Å². The highest BCUT2D eigenvalue weighted by molar-refractivity contribution is 5.45. The fourth-order valence-electron chi connectivity index (χ4n) is 4.96. The molecule has 3 heteroatoms. The van der Waals surface area contributed by atoms with E-state index in [2.05, 4.69) is 0 Å². The van der Waals surface area contributed by atoms with Crippen LogP contribution >= 0.6 is 0 Å². The fraction of sp³-hybridized carbons (Fsp3) is 0.625. The van der Waals surface area contributed by atoms with E-state index in [9.17, 15) is 10.3 Å². The molecule has 19 heavy (non-hydrogen) atoms. The Bertz CT molecular complexity index is 515. The van der Waals surface area contributed by atoms with Gasteiger partial charge in [0.2, 0.25) is 0 Å².